The molecule has 0 aliphatic carbocycles. The minimum absolute atomic E-state index is 0.0430. The van der Waals surface area contributed by atoms with E-state index in [2.05, 4.69) is 9.98 Å². The van der Waals surface area contributed by atoms with Gasteiger partial charge in [0.05, 0.1) is 16.9 Å². The number of amides is 1. The summed E-state index contributed by atoms with van der Waals surface area (Å²) in [5, 5.41) is 1.67. The minimum atomic E-state index is -4.52. The number of halogens is 5. The molecule has 0 unspecified atom stereocenters. The molecule has 1 amide bonds. The van der Waals surface area contributed by atoms with Crippen LogP contribution in [0.25, 0.3) is 11.3 Å². The number of hydrogen-bond acceptors (Lipinski definition) is 4. The van der Waals surface area contributed by atoms with Crippen molar-refractivity contribution in [3.8, 4) is 11.3 Å². The summed E-state index contributed by atoms with van der Waals surface area (Å²) >= 11 is 1.03. The first-order chi connectivity index (χ1) is 17.6. The van der Waals surface area contributed by atoms with Crippen molar-refractivity contribution in [3.05, 3.63) is 65.0 Å². The largest absolute Gasteiger partial charge is 0.416 e. The number of guanidine groups is 1. The lowest BCUT2D eigenvalue weighted by atomic mass is 10.1. The van der Waals surface area contributed by atoms with Gasteiger partial charge >= 0.3 is 6.18 Å². The van der Waals surface area contributed by atoms with Crippen molar-refractivity contribution in [2.75, 3.05) is 11.4 Å². The number of carbonyl (C=O) groups excluding carboxylic acids is 1. The molecule has 4 N–H and O–H groups in total. The van der Waals surface area contributed by atoms with Crippen molar-refractivity contribution < 1.29 is 26.7 Å². The number of hydrogen-bond donors (Lipinski definition) is 2. The number of anilines is 2. The van der Waals surface area contributed by atoms with Crippen LogP contribution in [0, 0.1) is 11.6 Å². The summed E-state index contributed by atoms with van der Waals surface area (Å²) in [6.07, 6.45) is -0.518. The Kier molecular flexibility index (Phi) is 9.56. The third-order valence-corrected chi connectivity index (χ3v) is 6.26. The molecule has 3 rings (SSSR count). The zero-order valence-electron chi connectivity index (χ0n) is 19.8. The number of nitrogens with two attached hydrogens (primary N) is 2. The van der Waals surface area contributed by atoms with Gasteiger partial charge in [0.1, 0.15) is 11.6 Å². The van der Waals surface area contributed by atoms with Crippen molar-refractivity contribution in [2.45, 2.75) is 44.7 Å². The van der Waals surface area contributed by atoms with Gasteiger partial charge in [-0.25, -0.2) is 13.8 Å². The highest BCUT2D eigenvalue weighted by Gasteiger charge is 2.31. The van der Waals surface area contributed by atoms with Crippen LogP contribution in [-0.4, -0.2) is 23.4 Å². The molecule has 0 fully saturated rings. The van der Waals surface area contributed by atoms with Gasteiger partial charge in [-0.15, -0.1) is 11.3 Å². The van der Waals surface area contributed by atoms with Crippen LogP contribution >= 0.6 is 11.3 Å². The molecule has 0 radical (unpaired) electrons. The fourth-order valence-corrected chi connectivity index (χ4v) is 4.45. The average Bonchev–Trinajstić information content (AvgIpc) is 3.29. The zero-order chi connectivity index (χ0) is 27.0. The van der Waals surface area contributed by atoms with E-state index in [0.717, 1.165) is 61.3 Å². The van der Waals surface area contributed by atoms with E-state index in [0.29, 0.717) is 13.0 Å². The molecule has 2 aromatic carbocycles. The van der Waals surface area contributed by atoms with Crippen molar-refractivity contribution in [1.29, 1.82) is 0 Å². The van der Waals surface area contributed by atoms with Crippen LogP contribution in [0.5, 0.6) is 0 Å². The predicted octanol–water partition coefficient (Wildman–Crippen LogP) is 6.39. The smallest absolute Gasteiger partial charge is 0.370 e. The maximum Gasteiger partial charge on any atom is 0.416 e. The SMILES string of the molecule is NC(N)=NCCCCCCCC(=O)N(c1ccc(C(F)(F)F)cc1)c1nc(-c2ccc(F)cc2F)cs1. The highest BCUT2D eigenvalue weighted by molar-refractivity contribution is 7.14. The van der Waals surface area contributed by atoms with Gasteiger partial charge in [0.25, 0.3) is 0 Å². The summed E-state index contributed by atoms with van der Waals surface area (Å²) in [5.41, 5.74) is 10.1. The number of carbonyl (C=O) groups is 1. The summed E-state index contributed by atoms with van der Waals surface area (Å²) in [7, 11) is 0. The lowest BCUT2D eigenvalue weighted by molar-refractivity contribution is -0.137. The Labute approximate surface area is 214 Å². The summed E-state index contributed by atoms with van der Waals surface area (Å²) in [4.78, 5) is 22.7. The molecule has 3 aromatic rings. The number of benzene rings is 2. The number of thiazole rings is 1. The number of nitrogens with zero attached hydrogens (tertiary/aromatic N) is 3. The van der Waals surface area contributed by atoms with E-state index in [1.54, 1.807) is 0 Å². The Morgan fingerprint density at radius 1 is 0.973 bits per heavy atom. The van der Waals surface area contributed by atoms with Gasteiger partial charge in [0.2, 0.25) is 5.91 Å². The third-order valence-electron chi connectivity index (χ3n) is 5.44. The van der Waals surface area contributed by atoms with Gasteiger partial charge in [0, 0.05) is 30.0 Å². The van der Waals surface area contributed by atoms with Crippen LogP contribution in [0.4, 0.5) is 32.8 Å². The Morgan fingerprint density at radius 3 is 2.30 bits per heavy atom. The van der Waals surface area contributed by atoms with Crippen molar-refractivity contribution in [2.24, 2.45) is 16.5 Å². The Morgan fingerprint density at radius 2 is 1.65 bits per heavy atom. The molecule has 198 valence electrons. The number of alkyl halides is 3. The fraction of sp³-hybridized carbons (Fsp3) is 0.320. The molecule has 0 saturated heterocycles. The van der Waals surface area contributed by atoms with E-state index < -0.39 is 23.4 Å². The molecule has 0 bridgehead atoms. The number of unbranched alkanes of at least 4 members (excludes halogenated alkanes) is 4. The quantitative estimate of drug-likeness (QED) is 0.128. The normalized spacial score (nSPS) is 11.4. The van der Waals surface area contributed by atoms with Gasteiger partial charge in [0.15, 0.2) is 11.1 Å². The molecule has 1 heterocycles. The molecule has 1 aromatic heterocycles. The highest BCUT2D eigenvalue weighted by atomic mass is 32.1. The van der Waals surface area contributed by atoms with Gasteiger partial charge in [-0.2, -0.15) is 13.2 Å². The first kappa shape index (κ1) is 28.0. The fourth-order valence-electron chi connectivity index (χ4n) is 3.59. The second-order valence-corrected chi connectivity index (χ2v) is 9.07. The average molecular weight is 540 g/mol. The Bertz CT molecular complexity index is 1220. The lowest BCUT2D eigenvalue weighted by Gasteiger charge is -2.21. The van der Waals surface area contributed by atoms with Gasteiger partial charge in [-0.1, -0.05) is 19.3 Å². The molecule has 0 aliphatic heterocycles. The standard InChI is InChI=1S/C25H26F5N5OS/c26-17-9-12-19(20(27)14-17)21-15-37-24(34-21)35(18-10-7-16(8-11-18)25(28,29)30)22(36)6-4-2-1-3-5-13-33-23(31)32/h7-12,14-15H,1-6,13H2,(H4,31,32,33). The first-order valence-electron chi connectivity index (χ1n) is 11.5. The van der Waals surface area contributed by atoms with Crippen LogP contribution in [0.1, 0.15) is 44.1 Å². The van der Waals surface area contributed by atoms with Crippen LogP contribution in [0.3, 0.4) is 0 Å². The van der Waals surface area contributed by atoms with Gasteiger partial charge < -0.3 is 11.5 Å². The third kappa shape index (κ3) is 7.97. The monoisotopic (exact) mass is 539 g/mol. The summed E-state index contributed by atoms with van der Waals surface area (Å²) in [5.74, 6) is -1.87. The van der Waals surface area contributed by atoms with Crippen molar-refractivity contribution >= 4 is 34.0 Å². The van der Waals surface area contributed by atoms with E-state index >= 15 is 0 Å². The minimum Gasteiger partial charge on any atom is -0.370 e. The highest BCUT2D eigenvalue weighted by Crippen LogP contribution is 2.36. The molecule has 0 saturated carbocycles. The molecule has 6 nitrogen and oxygen atoms in total. The van der Waals surface area contributed by atoms with Crippen LogP contribution in [0.15, 0.2) is 52.8 Å². The molecular formula is C25H26F5N5OS. The zero-order valence-corrected chi connectivity index (χ0v) is 20.6. The number of aromatic nitrogens is 1. The van der Waals surface area contributed by atoms with Crippen molar-refractivity contribution in [1.82, 2.24) is 4.98 Å². The van der Waals surface area contributed by atoms with Gasteiger partial charge in [-0.05, 0) is 49.2 Å². The number of aliphatic imine (C=N–C) groups is 1. The second kappa shape index (κ2) is 12.6. The van der Waals surface area contributed by atoms with Crippen molar-refractivity contribution in [3.63, 3.8) is 0 Å². The van der Waals surface area contributed by atoms with E-state index in [4.69, 9.17) is 11.5 Å². The lowest BCUT2D eigenvalue weighted by Crippen LogP contribution is -2.25. The molecule has 12 heteroatoms. The first-order valence-corrected chi connectivity index (χ1v) is 12.4. The second-order valence-electron chi connectivity index (χ2n) is 8.24. The van der Waals surface area contributed by atoms with E-state index in [9.17, 15) is 26.7 Å². The molecule has 37 heavy (non-hydrogen) atoms. The van der Waals surface area contributed by atoms with E-state index in [1.165, 1.54) is 28.5 Å². The topological polar surface area (TPSA) is 97.6 Å². The van der Waals surface area contributed by atoms with E-state index in [1.807, 2.05) is 0 Å². The Hall–Kier alpha value is -3.54. The van der Waals surface area contributed by atoms with Crippen LogP contribution < -0.4 is 16.4 Å². The summed E-state index contributed by atoms with van der Waals surface area (Å²) in [6, 6.07) is 7.23. The van der Waals surface area contributed by atoms with Crippen LogP contribution in [-0.2, 0) is 11.0 Å². The van der Waals surface area contributed by atoms with Crippen LogP contribution in [0.2, 0.25) is 0 Å². The maximum absolute atomic E-state index is 14.3. The maximum atomic E-state index is 14.3. The molecule has 0 spiro atoms. The van der Waals surface area contributed by atoms with E-state index in [-0.39, 0.29) is 40.4 Å². The molecule has 0 atom stereocenters. The molecular weight excluding hydrogens is 513 g/mol. The molecule has 0 aliphatic rings. The summed E-state index contributed by atoms with van der Waals surface area (Å²) in [6.45, 7) is 0.532. The number of rotatable bonds is 11. The summed E-state index contributed by atoms with van der Waals surface area (Å²) < 4.78 is 66.7. The van der Waals surface area contributed by atoms with Gasteiger partial charge in [-0.3, -0.25) is 14.7 Å². The Balaban J connectivity index is 1.75. The predicted molar refractivity (Wildman–Crippen MR) is 134 cm³/mol.